The third-order valence-corrected chi connectivity index (χ3v) is 5.56. The molecule has 23 heavy (non-hydrogen) atoms. The first-order valence-electron chi connectivity index (χ1n) is 7.38. The maximum atomic E-state index is 12.8. The number of amides is 1. The van der Waals surface area contributed by atoms with Crippen LogP contribution in [0.5, 0.6) is 0 Å². The molecule has 0 saturated carbocycles. The number of aryl methyl sites for hydroxylation is 1. The Morgan fingerprint density at radius 3 is 2.61 bits per heavy atom. The summed E-state index contributed by atoms with van der Waals surface area (Å²) in [4.78, 5) is 14.7. The van der Waals surface area contributed by atoms with Gasteiger partial charge in [0.25, 0.3) is 5.91 Å². The van der Waals surface area contributed by atoms with Gasteiger partial charge in [0.05, 0.1) is 4.90 Å². The zero-order valence-corrected chi connectivity index (χ0v) is 13.9. The Morgan fingerprint density at radius 1 is 1.17 bits per heavy atom. The Kier molecular flexibility index (Phi) is 3.95. The second-order valence-corrected chi connectivity index (χ2v) is 7.41. The Balaban J connectivity index is 1.97. The molecule has 0 atom stereocenters. The number of sulfonamides is 1. The lowest BCUT2D eigenvalue weighted by Crippen LogP contribution is -2.29. The van der Waals surface area contributed by atoms with Crippen LogP contribution in [0.25, 0.3) is 0 Å². The molecule has 1 aliphatic rings. The van der Waals surface area contributed by atoms with Gasteiger partial charge in [-0.25, -0.2) is 13.1 Å². The van der Waals surface area contributed by atoms with Crippen LogP contribution in [0.1, 0.15) is 21.5 Å². The van der Waals surface area contributed by atoms with Crippen molar-refractivity contribution < 1.29 is 13.2 Å². The lowest BCUT2D eigenvalue weighted by atomic mass is 10.1. The number of hydrogen-bond acceptors (Lipinski definition) is 3. The van der Waals surface area contributed by atoms with Gasteiger partial charge in [0.2, 0.25) is 10.0 Å². The van der Waals surface area contributed by atoms with Gasteiger partial charge in [0.15, 0.2) is 0 Å². The van der Waals surface area contributed by atoms with E-state index >= 15 is 0 Å². The Bertz CT molecular complexity index is 875. The quantitative estimate of drug-likeness (QED) is 0.937. The van der Waals surface area contributed by atoms with Crippen LogP contribution in [0.2, 0.25) is 0 Å². The van der Waals surface area contributed by atoms with Gasteiger partial charge in [-0.1, -0.05) is 18.2 Å². The molecule has 5 nitrogen and oxygen atoms in total. The minimum atomic E-state index is -3.47. The van der Waals surface area contributed by atoms with Crippen molar-refractivity contribution in [3.05, 3.63) is 59.2 Å². The second-order valence-electron chi connectivity index (χ2n) is 5.52. The van der Waals surface area contributed by atoms with E-state index in [1.165, 1.54) is 13.1 Å². The summed E-state index contributed by atoms with van der Waals surface area (Å²) in [5.41, 5.74) is 3.27. The highest BCUT2D eigenvalue weighted by Crippen LogP contribution is 2.31. The first-order valence-corrected chi connectivity index (χ1v) is 8.86. The van der Waals surface area contributed by atoms with E-state index in [2.05, 4.69) is 4.72 Å². The number of nitrogens with zero attached hydrogens (tertiary/aromatic N) is 1. The maximum absolute atomic E-state index is 12.8. The molecule has 2 aromatic carbocycles. The van der Waals surface area contributed by atoms with E-state index in [0.717, 1.165) is 16.8 Å². The molecule has 0 aliphatic carbocycles. The minimum Gasteiger partial charge on any atom is -0.308 e. The Labute approximate surface area is 136 Å². The maximum Gasteiger partial charge on any atom is 0.258 e. The van der Waals surface area contributed by atoms with Gasteiger partial charge in [-0.05, 0) is 55.8 Å². The predicted octanol–water partition coefficient (Wildman–Crippen LogP) is 2.11. The summed E-state index contributed by atoms with van der Waals surface area (Å²) in [5.74, 6) is -0.0499. The largest absolute Gasteiger partial charge is 0.308 e. The molecule has 0 aromatic heterocycles. The smallest absolute Gasteiger partial charge is 0.258 e. The second kappa shape index (κ2) is 5.79. The van der Waals surface area contributed by atoms with Crippen LogP contribution in [-0.4, -0.2) is 27.9 Å². The molecule has 0 saturated heterocycles. The highest BCUT2D eigenvalue weighted by Gasteiger charge is 2.27. The van der Waals surface area contributed by atoms with Crippen molar-refractivity contribution in [2.24, 2.45) is 0 Å². The zero-order valence-electron chi connectivity index (χ0n) is 13.0. The van der Waals surface area contributed by atoms with E-state index in [0.29, 0.717) is 18.5 Å². The molecule has 0 radical (unpaired) electrons. The number of carbonyl (C=O) groups is 1. The summed E-state index contributed by atoms with van der Waals surface area (Å²) in [6, 6.07) is 12.4. The van der Waals surface area contributed by atoms with Crippen molar-refractivity contribution in [1.29, 1.82) is 0 Å². The standard InChI is InChI=1S/C17H18N2O3S/c1-12-5-3-4-6-15(12)17(20)19-10-9-13-11-14(7-8-16(13)19)23(21,22)18-2/h3-8,11,18H,9-10H2,1-2H3. The van der Waals surface area contributed by atoms with E-state index in [-0.39, 0.29) is 10.8 Å². The molecule has 0 unspecified atom stereocenters. The summed E-state index contributed by atoms with van der Waals surface area (Å²) in [6.45, 7) is 2.47. The zero-order chi connectivity index (χ0) is 16.6. The highest BCUT2D eigenvalue weighted by molar-refractivity contribution is 7.89. The summed E-state index contributed by atoms with van der Waals surface area (Å²) >= 11 is 0. The molecule has 0 spiro atoms. The molecular formula is C17H18N2O3S. The van der Waals surface area contributed by atoms with Crippen LogP contribution in [0.15, 0.2) is 47.4 Å². The summed E-state index contributed by atoms with van der Waals surface area (Å²) in [5, 5.41) is 0. The number of anilines is 1. The fourth-order valence-electron chi connectivity index (χ4n) is 2.83. The van der Waals surface area contributed by atoms with Gasteiger partial charge in [0, 0.05) is 17.8 Å². The van der Waals surface area contributed by atoms with E-state index < -0.39 is 10.0 Å². The molecule has 3 rings (SSSR count). The average molecular weight is 330 g/mol. The predicted molar refractivity (Wildman–Crippen MR) is 89.2 cm³/mol. The molecule has 1 heterocycles. The van der Waals surface area contributed by atoms with Crippen LogP contribution < -0.4 is 9.62 Å². The molecule has 0 fully saturated rings. The number of rotatable bonds is 3. The minimum absolute atomic E-state index is 0.0499. The number of fused-ring (bicyclic) bond motifs is 1. The third-order valence-electron chi connectivity index (χ3n) is 4.15. The van der Waals surface area contributed by atoms with Gasteiger partial charge < -0.3 is 4.90 Å². The monoisotopic (exact) mass is 330 g/mol. The number of hydrogen-bond donors (Lipinski definition) is 1. The SMILES string of the molecule is CNS(=O)(=O)c1ccc2c(c1)CCN2C(=O)c1ccccc1C. The lowest BCUT2D eigenvalue weighted by molar-refractivity contribution is 0.0989. The van der Waals surface area contributed by atoms with Gasteiger partial charge in [-0.3, -0.25) is 4.79 Å². The molecular weight excluding hydrogens is 312 g/mol. The Hall–Kier alpha value is -2.18. The van der Waals surface area contributed by atoms with E-state index in [1.54, 1.807) is 17.0 Å². The molecule has 2 aromatic rings. The number of nitrogens with one attached hydrogen (secondary N) is 1. The van der Waals surface area contributed by atoms with E-state index in [4.69, 9.17) is 0 Å². The van der Waals surface area contributed by atoms with Crippen LogP contribution in [0, 0.1) is 6.92 Å². The molecule has 6 heteroatoms. The van der Waals surface area contributed by atoms with Crippen molar-refractivity contribution >= 4 is 21.6 Å². The summed E-state index contributed by atoms with van der Waals surface area (Å²) in [7, 11) is -2.08. The number of benzene rings is 2. The van der Waals surface area contributed by atoms with E-state index in [9.17, 15) is 13.2 Å². The third kappa shape index (κ3) is 2.75. The lowest BCUT2D eigenvalue weighted by Gasteiger charge is -2.18. The molecule has 1 amide bonds. The van der Waals surface area contributed by atoms with Gasteiger partial charge in [0.1, 0.15) is 0 Å². The fraction of sp³-hybridized carbons (Fsp3) is 0.235. The molecule has 0 bridgehead atoms. The molecule has 1 N–H and O–H groups in total. The topological polar surface area (TPSA) is 66.5 Å². The van der Waals surface area contributed by atoms with Crippen molar-refractivity contribution in [2.75, 3.05) is 18.5 Å². The van der Waals surface area contributed by atoms with Crippen molar-refractivity contribution in [1.82, 2.24) is 4.72 Å². The van der Waals surface area contributed by atoms with Crippen LogP contribution in [0.3, 0.4) is 0 Å². The highest BCUT2D eigenvalue weighted by atomic mass is 32.2. The molecule has 1 aliphatic heterocycles. The van der Waals surface area contributed by atoms with Gasteiger partial charge in [-0.2, -0.15) is 0 Å². The first-order chi connectivity index (χ1) is 10.9. The van der Waals surface area contributed by atoms with Gasteiger partial charge >= 0.3 is 0 Å². The van der Waals surface area contributed by atoms with E-state index in [1.807, 2.05) is 31.2 Å². The van der Waals surface area contributed by atoms with Crippen molar-refractivity contribution in [3.63, 3.8) is 0 Å². The fourth-order valence-corrected chi connectivity index (χ4v) is 3.61. The van der Waals surface area contributed by atoms with Crippen LogP contribution in [0.4, 0.5) is 5.69 Å². The first kappa shape index (κ1) is 15.7. The Morgan fingerprint density at radius 2 is 1.91 bits per heavy atom. The average Bonchev–Trinajstić information content (AvgIpc) is 2.97. The number of carbonyl (C=O) groups excluding carboxylic acids is 1. The normalized spacial score (nSPS) is 13.9. The van der Waals surface area contributed by atoms with Crippen molar-refractivity contribution in [2.45, 2.75) is 18.2 Å². The van der Waals surface area contributed by atoms with Gasteiger partial charge in [-0.15, -0.1) is 0 Å². The summed E-state index contributed by atoms with van der Waals surface area (Å²) in [6.07, 6.45) is 0.653. The van der Waals surface area contributed by atoms with Crippen LogP contribution >= 0.6 is 0 Å². The van der Waals surface area contributed by atoms with Crippen molar-refractivity contribution in [3.8, 4) is 0 Å². The van der Waals surface area contributed by atoms with Crippen LogP contribution in [-0.2, 0) is 16.4 Å². The summed E-state index contributed by atoms with van der Waals surface area (Å²) < 4.78 is 26.1. The molecule has 120 valence electrons.